The second kappa shape index (κ2) is 5.10. The first-order chi connectivity index (χ1) is 6.90. The molecule has 1 saturated heterocycles. The van der Waals surface area contributed by atoms with Gasteiger partial charge < -0.3 is 14.2 Å². The zero-order valence-corrected chi connectivity index (χ0v) is 8.31. The van der Waals surface area contributed by atoms with Gasteiger partial charge in [-0.05, 0) is 32.1 Å². The third-order valence-electron chi connectivity index (χ3n) is 2.34. The van der Waals surface area contributed by atoms with Gasteiger partial charge in [0.05, 0.1) is 19.3 Å². The van der Waals surface area contributed by atoms with Crippen molar-refractivity contribution in [2.24, 2.45) is 0 Å². The second-order valence-corrected chi connectivity index (χ2v) is 3.42. The fourth-order valence-electron chi connectivity index (χ4n) is 1.62. The Morgan fingerprint density at radius 3 is 2.93 bits per heavy atom. The normalized spacial score (nSPS) is 34.9. The van der Waals surface area contributed by atoms with Gasteiger partial charge in [-0.1, -0.05) is 0 Å². The van der Waals surface area contributed by atoms with Crippen LogP contribution in [0.1, 0.15) is 6.42 Å². The lowest BCUT2D eigenvalue weighted by atomic mass is 10.1. The number of hydrogen-bond donors (Lipinski definition) is 0. The van der Waals surface area contributed by atoms with Crippen LogP contribution in [0.15, 0.2) is 0 Å². The minimum absolute atomic E-state index is 0.161. The summed E-state index contributed by atoms with van der Waals surface area (Å²) in [6.45, 7) is 1.38. The third-order valence-corrected chi connectivity index (χ3v) is 2.34. The minimum Gasteiger partial charge on any atom is -0.382 e. The van der Waals surface area contributed by atoms with Crippen molar-refractivity contribution in [3.8, 4) is 0 Å². The van der Waals surface area contributed by atoms with Crippen LogP contribution in [0, 0.1) is 31.6 Å². The Balaban J connectivity index is 1.80. The van der Waals surface area contributed by atoms with Gasteiger partial charge in [-0.25, -0.2) is 0 Å². The lowest BCUT2D eigenvalue weighted by Gasteiger charge is -2.32. The van der Waals surface area contributed by atoms with E-state index in [0.717, 1.165) is 18.9 Å². The van der Waals surface area contributed by atoms with Gasteiger partial charge >= 0.3 is 0 Å². The lowest BCUT2D eigenvalue weighted by Crippen LogP contribution is -2.38. The fraction of sp³-hybridized carbons (Fsp3) is 0.545. The molecule has 1 saturated carbocycles. The SMILES string of the molecule is COC[C@@H]1CCO[C@H]([C]2[CH][CH][CH][CH]2)O1. The molecule has 1 aliphatic heterocycles. The molecule has 2 atom stereocenters. The molecule has 2 aliphatic rings. The molecule has 2 rings (SSSR count). The van der Waals surface area contributed by atoms with Crippen molar-refractivity contribution in [1.82, 2.24) is 0 Å². The van der Waals surface area contributed by atoms with Crippen LogP contribution in [0.4, 0.5) is 0 Å². The lowest BCUT2D eigenvalue weighted by molar-refractivity contribution is -0.209. The molecule has 0 unspecified atom stereocenters. The zero-order chi connectivity index (χ0) is 9.80. The summed E-state index contributed by atoms with van der Waals surface area (Å²) in [7, 11) is 1.69. The molecule has 14 heavy (non-hydrogen) atoms. The Morgan fingerprint density at radius 2 is 2.21 bits per heavy atom. The Kier molecular flexibility index (Phi) is 3.79. The topological polar surface area (TPSA) is 27.7 Å². The predicted octanol–water partition coefficient (Wildman–Crippen LogP) is 1.17. The molecule has 3 nitrogen and oxygen atoms in total. The average Bonchev–Trinajstić information content (AvgIpc) is 2.71. The van der Waals surface area contributed by atoms with Crippen LogP contribution >= 0.6 is 0 Å². The highest BCUT2D eigenvalue weighted by Crippen LogP contribution is 2.31. The highest BCUT2D eigenvalue weighted by molar-refractivity contribution is 5.36. The molecule has 1 aliphatic carbocycles. The van der Waals surface area contributed by atoms with Gasteiger partial charge in [0.1, 0.15) is 0 Å². The van der Waals surface area contributed by atoms with Crippen LogP contribution in [0.25, 0.3) is 0 Å². The Morgan fingerprint density at radius 1 is 1.43 bits per heavy atom. The Bertz CT molecular complexity index is 164. The summed E-state index contributed by atoms with van der Waals surface area (Å²) in [4.78, 5) is 0. The van der Waals surface area contributed by atoms with E-state index in [2.05, 4.69) is 0 Å². The number of hydrogen-bond acceptors (Lipinski definition) is 3. The first-order valence-corrected chi connectivity index (χ1v) is 4.88. The molecule has 5 radical (unpaired) electrons. The molecule has 0 aromatic carbocycles. The maximum atomic E-state index is 5.72. The fourth-order valence-corrected chi connectivity index (χ4v) is 1.62. The summed E-state index contributed by atoms with van der Waals surface area (Å²) in [6, 6.07) is 0. The van der Waals surface area contributed by atoms with E-state index in [1.807, 2.05) is 25.7 Å². The summed E-state index contributed by atoms with van der Waals surface area (Å²) < 4.78 is 16.3. The van der Waals surface area contributed by atoms with Crippen LogP contribution in [0.5, 0.6) is 0 Å². The monoisotopic (exact) mass is 195 g/mol. The molecule has 77 valence electrons. The van der Waals surface area contributed by atoms with E-state index in [9.17, 15) is 0 Å². The summed E-state index contributed by atoms with van der Waals surface area (Å²) in [5.74, 6) is 1.09. The molecule has 0 N–H and O–H groups in total. The summed E-state index contributed by atoms with van der Waals surface area (Å²) in [5, 5.41) is 0. The summed E-state index contributed by atoms with van der Waals surface area (Å²) in [5.41, 5.74) is 0. The summed E-state index contributed by atoms with van der Waals surface area (Å²) >= 11 is 0. The highest BCUT2D eigenvalue weighted by atomic mass is 16.7. The van der Waals surface area contributed by atoms with Crippen LogP contribution in [-0.4, -0.2) is 32.7 Å². The van der Waals surface area contributed by atoms with Gasteiger partial charge in [0.15, 0.2) is 6.29 Å². The van der Waals surface area contributed by atoms with E-state index < -0.39 is 0 Å². The van der Waals surface area contributed by atoms with Crippen LogP contribution in [0.2, 0.25) is 0 Å². The molecule has 1 heterocycles. The third kappa shape index (κ3) is 2.47. The molecule has 0 aromatic heterocycles. The van der Waals surface area contributed by atoms with E-state index >= 15 is 0 Å². The van der Waals surface area contributed by atoms with Gasteiger partial charge in [0, 0.05) is 13.0 Å². The molecular formula is C11H15O3. The van der Waals surface area contributed by atoms with E-state index in [1.54, 1.807) is 7.11 Å². The van der Waals surface area contributed by atoms with Gasteiger partial charge in [0.25, 0.3) is 0 Å². The van der Waals surface area contributed by atoms with Crippen molar-refractivity contribution >= 4 is 0 Å². The average molecular weight is 195 g/mol. The van der Waals surface area contributed by atoms with E-state index in [1.165, 1.54) is 0 Å². The molecular weight excluding hydrogens is 180 g/mol. The Labute approximate surface area is 85.7 Å². The summed E-state index contributed by atoms with van der Waals surface area (Å²) in [6.07, 6.45) is 8.86. The zero-order valence-electron chi connectivity index (χ0n) is 8.31. The van der Waals surface area contributed by atoms with Crippen molar-refractivity contribution < 1.29 is 14.2 Å². The molecule has 2 fully saturated rings. The standard InChI is InChI=1S/C11H15O3/c1-12-8-10-6-7-13-11(14-10)9-4-2-3-5-9/h2-5,10-11H,6-8H2,1H3/t10-,11-/m0/s1. The smallest absolute Gasteiger partial charge is 0.164 e. The van der Waals surface area contributed by atoms with Crippen LogP contribution in [0.3, 0.4) is 0 Å². The first-order valence-electron chi connectivity index (χ1n) is 4.88. The van der Waals surface area contributed by atoms with Crippen molar-refractivity contribution in [3.63, 3.8) is 0 Å². The largest absolute Gasteiger partial charge is 0.382 e. The van der Waals surface area contributed by atoms with Crippen LogP contribution in [-0.2, 0) is 14.2 Å². The number of rotatable bonds is 3. The van der Waals surface area contributed by atoms with Gasteiger partial charge in [-0.2, -0.15) is 0 Å². The minimum atomic E-state index is -0.209. The molecule has 0 aromatic rings. The van der Waals surface area contributed by atoms with Crippen molar-refractivity contribution in [3.05, 3.63) is 31.6 Å². The molecule has 0 spiro atoms. The van der Waals surface area contributed by atoms with E-state index in [0.29, 0.717) is 6.61 Å². The van der Waals surface area contributed by atoms with E-state index in [-0.39, 0.29) is 12.4 Å². The molecule has 0 amide bonds. The van der Waals surface area contributed by atoms with Gasteiger partial charge in [0.2, 0.25) is 0 Å². The van der Waals surface area contributed by atoms with Crippen LogP contribution < -0.4 is 0 Å². The Hall–Kier alpha value is -0.120. The van der Waals surface area contributed by atoms with Gasteiger partial charge in [-0.15, -0.1) is 0 Å². The first kappa shape index (κ1) is 10.4. The second-order valence-electron chi connectivity index (χ2n) is 3.42. The van der Waals surface area contributed by atoms with Crippen molar-refractivity contribution in [1.29, 1.82) is 0 Å². The highest BCUT2D eigenvalue weighted by Gasteiger charge is 2.32. The van der Waals surface area contributed by atoms with Crippen molar-refractivity contribution in [2.45, 2.75) is 18.8 Å². The number of ether oxygens (including phenoxy) is 3. The van der Waals surface area contributed by atoms with Crippen molar-refractivity contribution in [2.75, 3.05) is 20.3 Å². The maximum Gasteiger partial charge on any atom is 0.164 e. The van der Waals surface area contributed by atoms with E-state index in [4.69, 9.17) is 14.2 Å². The predicted molar refractivity (Wildman–Crippen MR) is 51.5 cm³/mol. The quantitative estimate of drug-likeness (QED) is 0.676. The number of methoxy groups -OCH3 is 1. The maximum absolute atomic E-state index is 5.72. The molecule has 3 heteroatoms. The molecule has 0 bridgehead atoms. The van der Waals surface area contributed by atoms with Gasteiger partial charge in [-0.3, -0.25) is 0 Å².